The van der Waals surface area contributed by atoms with E-state index in [1.807, 2.05) is 0 Å². The van der Waals surface area contributed by atoms with Crippen LogP contribution in [0.1, 0.15) is 32.8 Å². The molecule has 0 spiro atoms. The van der Waals surface area contributed by atoms with E-state index in [0.717, 1.165) is 12.1 Å². The number of hydrogen-bond acceptors (Lipinski definition) is 5. The Labute approximate surface area is 166 Å². The van der Waals surface area contributed by atoms with E-state index >= 15 is 0 Å². The number of aliphatic hydroxyl groups excluding tert-OH is 1. The van der Waals surface area contributed by atoms with Crippen LogP contribution in [0.25, 0.3) is 11.3 Å². The summed E-state index contributed by atoms with van der Waals surface area (Å²) in [5, 5.41) is 13.9. The molecule has 3 aromatic rings. The van der Waals surface area contributed by atoms with Gasteiger partial charge in [0.05, 0.1) is 23.9 Å². The molecule has 5 N–H and O–H groups in total. The molecule has 0 bridgehead atoms. The number of hydrogen-bond donors (Lipinski definition) is 4. The molecule has 0 saturated heterocycles. The molecule has 1 aromatic carbocycles. The number of halogens is 4. The number of nitrogens with two attached hydrogens (primary N) is 1. The van der Waals surface area contributed by atoms with Gasteiger partial charge in [0.15, 0.2) is 0 Å². The van der Waals surface area contributed by atoms with E-state index < -0.39 is 29.5 Å². The van der Waals surface area contributed by atoms with E-state index in [-0.39, 0.29) is 30.1 Å². The highest BCUT2D eigenvalue weighted by atomic mass is 32.1. The van der Waals surface area contributed by atoms with Crippen molar-refractivity contribution in [1.82, 2.24) is 15.3 Å². The molecule has 154 valence electrons. The zero-order valence-corrected chi connectivity index (χ0v) is 15.6. The van der Waals surface area contributed by atoms with Crippen molar-refractivity contribution in [2.24, 2.45) is 5.73 Å². The number of nitrogens with zero attached hydrogens (tertiary/aromatic N) is 1. The first-order chi connectivity index (χ1) is 13.7. The van der Waals surface area contributed by atoms with Crippen LogP contribution in [0.2, 0.25) is 0 Å². The minimum Gasteiger partial charge on any atom is -0.389 e. The van der Waals surface area contributed by atoms with Crippen molar-refractivity contribution in [3.63, 3.8) is 0 Å². The molecule has 11 heteroatoms. The number of rotatable bonds is 6. The molecule has 1 amide bonds. The van der Waals surface area contributed by atoms with Crippen LogP contribution in [-0.2, 0) is 12.8 Å². The first kappa shape index (κ1) is 21.0. The molecule has 3 rings (SSSR count). The Balaban J connectivity index is 1.77. The Morgan fingerprint density at radius 1 is 1.31 bits per heavy atom. The maximum Gasteiger partial charge on any atom is 0.419 e. The summed E-state index contributed by atoms with van der Waals surface area (Å²) in [5.41, 5.74) is 5.40. The van der Waals surface area contributed by atoms with Gasteiger partial charge >= 0.3 is 6.18 Å². The number of nitrogens with one attached hydrogen (secondary N) is 2. The second-order valence-corrected chi connectivity index (χ2v) is 7.01. The second kappa shape index (κ2) is 8.31. The fourth-order valence-corrected chi connectivity index (χ4v) is 3.36. The minimum atomic E-state index is -4.79. The molecule has 1 atom stereocenters. The molecule has 0 radical (unpaired) electrons. The first-order valence-corrected chi connectivity index (χ1v) is 9.23. The summed E-state index contributed by atoms with van der Waals surface area (Å²) >= 11 is 1.23. The predicted molar refractivity (Wildman–Crippen MR) is 98.5 cm³/mol. The fraction of sp³-hybridized carbons (Fsp3) is 0.222. The monoisotopic (exact) mass is 428 g/mol. The molecule has 6 nitrogen and oxygen atoms in total. The van der Waals surface area contributed by atoms with Crippen molar-refractivity contribution < 1.29 is 27.5 Å². The smallest absolute Gasteiger partial charge is 0.389 e. The number of aliphatic hydroxyl groups is 1. The van der Waals surface area contributed by atoms with Gasteiger partial charge in [0, 0.05) is 23.2 Å². The molecular formula is C18H16F4N4O2S. The van der Waals surface area contributed by atoms with Gasteiger partial charge in [-0.05, 0) is 24.3 Å². The van der Waals surface area contributed by atoms with Gasteiger partial charge in [0.25, 0.3) is 5.91 Å². The molecule has 0 fully saturated rings. The molecular weight excluding hydrogens is 412 g/mol. The summed E-state index contributed by atoms with van der Waals surface area (Å²) in [4.78, 5) is 19.4. The van der Waals surface area contributed by atoms with Crippen molar-refractivity contribution in [3.05, 3.63) is 63.5 Å². The Hall–Kier alpha value is -2.76. The molecule has 0 aliphatic rings. The van der Waals surface area contributed by atoms with Crippen molar-refractivity contribution in [3.8, 4) is 11.3 Å². The van der Waals surface area contributed by atoms with Gasteiger partial charge < -0.3 is 21.1 Å². The number of benzene rings is 1. The lowest BCUT2D eigenvalue weighted by molar-refractivity contribution is -0.139. The van der Waals surface area contributed by atoms with Crippen LogP contribution in [0.4, 0.5) is 17.6 Å². The molecule has 2 heterocycles. The van der Waals surface area contributed by atoms with E-state index in [9.17, 15) is 22.4 Å². The number of H-pyrrole nitrogens is 1. The third kappa shape index (κ3) is 4.63. The second-order valence-electron chi connectivity index (χ2n) is 6.06. The SMILES string of the molecule is NC[C@H](NC(=O)c1ccc(-c2ccc(C(F)(F)F)c(F)c2)[nH]1)c1csc(CO)n1. The zero-order valence-electron chi connectivity index (χ0n) is 14.8. The Morgan fingerprint density at radius 2 is 2.07 bits per heavy atom. The summed E-state index contributed by atoms with van der Waals surface area (Å²) < 4.78 is 51.8. The van der Waals surface area contributed by atoms with Crippen molar-refractivity contribution in [2.45, 2.75) is 18.8 Å². The first-order valence-electron chi connectivity index (χ1n) is 8.35. The molecule has 0 unspecified atom stereocenters. The number of carbonyl (C=O) groups excluding carboxylic acids is 1. The quantitative estimate of drug-likeness (QED) is 0.453. The summed E-state index contributed by atoms with van der Waals surface area (Å²) in [6.07, 6.45) is -4.79. The van der Waals surface area contributed by atoms with E-state index in [2.05, 4.69) is 15.3 Å². The van der Waals surface area contributed by atoms with E-state index in [4.69, 9.17) is 10.8 Å². The largest absolute Gasteiger partial charge is 0.419 e. The highest BCUT2D eigenvalue weighted by Crippen LogP contribution is 2.33. The third-order valence-electron chi connectivity index (χ3n) is 4.12. The lowest BCUT2D eigenvalue weighted by atomic mass is 10.1. The van der Waals surface area contributed by atoms with Crippen molar-refractivity contribution >= 4 is 17.2 Å². The molecule has 0 aliphatic carbocycles. The lowest BCUT2D eigenvalue weighted by Gasteiger charge is -2.14. The maximum atomic E-state index is 13.8. The van der Waals surface area contributed by atoms with Gasteiger partial charge in [-0.3, -0.25) is 4.79 Å². The minimum absolute atomic E-state index is 0.0675. The molecule has 2 aromatic heterocycles. The normalized spacial score (nSPS) is 12.8. The van der Waals surface area contributed by atoms with Crippen LogP contribution in [-0.4, -0.2) is 27.5 Å². The summed E-state index contributed by atoms with van der Waals surface area (Å²) in [6, 6.07) is 4.82. The molecule has 0 saturated carbocycles. The number of amides is 1. The Bertz CT molecular complexity index is 1020. The number of alkyl halides is 3. The highest BCUT2D eigenvalue weighted by molar-refractivity contribution is 7.09. The average Bonchev–Trinajstić information content (AvgIpc) is 3.34. The van der Waals surface area contributed by atoms with Gasteiger partial charge in [0.1, 0.15) is 16.5 Å². The van der Waals surface area contributed by atoms with Gasteiger partial charge in [0.2, 0.25) is 0 Å². The molecule has 29 heavy (non-hydrogen) atoms. The lowest BCUT2D eigenvalue weighted by Crippen LogP contribution is -2.33. The van der Waals surface area contributed by atoms with Crippen LogP contribution in [0.5, 0.6) is 0 Å². The third-order valence-corrected chi connectivity index (χ3v) is 4.97. The fourth-order valence-electron chi connectivity index (χ4n) is 2.66. The molecule has 0 aliphatic heterocycles. The van der Waals surface area contributed by atoms with Gasteiger partial charge in [-0.25, -0.2) is 9.37 Å². The summed E-state index contributed by atoms with van der Waals surface area (Å²) in [6.45, 7) is -0.155. The average molecular weight is 428 g/mol. The number of carbonyl (C=O) groups is 1. The summed E-state index contributed by atoms with van der Waals surface area (Å²) in [5.74, 6) is -1.92. The van der Waals surface area contributed by atoms with Gasteiger partial charge in [-0.15, -0.1) is 11.3 Å². The Kier molecular flexibility index (Phi) is 6.01. The van der Waals surface area contributed by atoms with E-state index in [1.54, 1.807) is 5.38 Å². The van der Waals surface area contributed by atoms with E-state index in [1.165, 1.54) is 23.5 Å². The highest BCUT2D eigenvalue weighted by Gasteiger charge is 2.34. The van der Waals surface area contributed by atoms with Gasteiger partial charge in [-0.1, -0.05) is 6.07 Å². The zero-order chi connectivity index (χ0) is 21.2. The predicted octanol–water partition coefficient (Wildman–Crippen LogP) is 3.22. The van der Waals surface area contributed by atoms with Crippen LogP contribution in [0.15, 0.2) is 35.7 Å². The maximum absolute atomic E-state index is 13.8. The Morgan fingerprint density at radius 3 is 2.66 bits per heavy atom. The number of aromatic nitrogens is 2. The van der Waals surface area contributed by atoms with Crippen LogP contribution < -0.4 is 11.1 Å². The topological polar surface area (TPSA) is 104 Å². The van der Waals surface area contributed by atoms with Crippen LogP contribution in [0.3, 0.4) is 0 Å². The summed E-state index contributed by atoms with van der Waals surface area (Å²) in [7, 11) is 0. The van der Waals surface area contributed by atoms with Crippen molar-refractivity contribution in [1.29, 1.82) is 0 Å². The van der Waals surface area contributed by atoms with Crippen molar-refractivity contribution in [2.75, 3.05) is 6.54 Å². The van der Waals surface area contributed by atoms with Crippen LogP contribution >= 0.6 is 11.3 Å². The number of aromatic amines is 1. The standard InChI is InChI=1S/C18H16F4N4O2S/c19-11-5-9(1-2-10(11)18(20,21)22)12-3-4-13(24-12)17(28)26-14(6-23)15-8-29-16(7-27)25-15/h1-5,8,14,24,27H,6-7,23H2,(H,26,28)/t14-/m0/s1. The van der Waals surface area contributed by atoms with Gasteiger partial charge in [-0.2, -0.15) is 13.2 Å². The van der Waals surface area contributed by atoms with E-state index in [0.29, 0.717) is 16.8 Å². The van der Waals surface area contributed by atoms with Crippen LogP contribution in [0, 0.1) is 5.82 Å². The number of thiazole rings is 1.